The number of nitro groups is 1. The summed E-state index contributed by atoms with van der Waals surface area (Å²) in [4.78, 5) is 14.2. The lowest BCUT2D eigenvalue weighted by molar-refractivity contribution is -0.385. The number of aliphatic hydroxyl groups is 1. The number of imidazole rings is 1. The van der Waals surface area contributed by atoms with Crippen molar-refractivity contribution in [3.8, 4) is 0 Å². The topological polar surface area (TPSA) is 99.0 Å². The van der Waals surface area contributed by atoms with Crippen LogP contribution < -0.4 is 0 Å². The van der Waals surface area contributed by atoms with E-state index in [0.29, 0.717) is 6.54 Å². The van der Waals surface area contributed by atoms with Gasteiger partial charge < -0.3 is 9.67 Å². The highest BCUT2D eigenvalue weighted by molar-refractivity contribution is 5.20. The van der Waals surface area contributed by atoms with Crippen LogP contribution in [-0.4, -0.2) is 35.5 Å². The van der Waals surface area contributed by atoms with E-state index >= 15 is 0 Å². The van der Waals surface area contributed by atoms with Crippen LogP contribution in [0.1, 0.15) is 12.7 Å². The minimum atomic E-state index is -0.681. The normalized spacial score (nSPS) is 12.5. The van der Waals surface area contributed by atoms with Crippen molar-refractivity contribution < 1.29 is 10.0 Å². The predicted octanol–water partition coefficient (Wildman–Crippen LogP) is 0.611. The molecule has 0 spiro atoms. The molecule has 1 unspecified atom stereocenters. The SMILES string of the molecule is CCc1nccn1CC(O)Cn1cc([N+](=O)[O-])cn1. The number of aromatic nitrogens is 4. The molecule has 0 saturated carbocycles. The summed E-state index contributed by atoms with van der Waals surface area (Å²) in [6.07, 6.45) is 6.06. The van der Waals surface area contributed by atoms with E-state index in [0.717, 1.165) is 12.2 Å². The molecule has 19 heavy (non-hydrogen) atoms. The average Bonchev–Trinajstić information content (AvgIpc) is 2.97. The molecule has 0 aliphatic heterocycles. The number of aliphatic hydroxyl groups excluding tert-OH is 1. The van der Waals surface area contributed by atoms with Crippen molar-refractivity contribution in [1.82, 2.24) is 19.3 Å². The lowest BCUT2D eigenvalue weighted by atomic mass is 10.3. The fourth-order valence-corrected chi connectivity index (χ4v) is 1.87. The fourth-order valence-electron chi connectivity index (χ4n) is 1.87. The Morgan fingerprint density at radius 3 is 2.95 bits per heavy atom. The minimum Gasteiger partial charge on any atom is -0.389 e. The second-order valence-electron chi connectivity index (χ2n) is 4.18. The van der Waals surface area contributed by atoms with E-state index < -0.39 is 11.0 Å². The average molecular weight is 265 g/mol. The standard InChI is InChI=1S/C11H15N5O3/c1-2-11-12-3-4-14(11)7-10(17)8-15-6-9(5-13-15)16(18)19/h3-6,10,17H,2,7-8H2,1H3. The Morgan fingerprint density at radius 1 is 1.53 bits per heavy atom. The van der Waals surface area contributed by atoms with Gasteiger partial charge in [-0.25, -0.2) is 4.98 Å². The molecular weight excluding hydrogens is 250 g/mol. The quantitative estimate of drug-likeness (QED) is 0.609. The molecule has 2 aromatic rings. The van der Waals surface area contributed by atoms with Gasteiger partial charge in [0.1, 0.15) is 18.2 Å². The zero-order valence-corrected chi connectivity index (χ0v) is 10.5. The molecule has 0 amide bonds. The highest BCUT2D eigenvalue weighted by Crippen LogP contribution is 2.09. The lowest BCUT2D eigenvalue weighted by Crippen LogP contribution is -2.23. The highest BCUT2D eigenvalue weighted by Gasteiger charge is 2.13. The Labute approximate surface area is 109 Å². The van der Waals surface area contributed by atoms with E-state index in [4.69, 9.17) is 0 Å². The number of hydrogen-bond acceptors (Lipinski definition) is 5. The van der Waals surface area contributed by atoms with E-state index in [1.165, 1.54) is 17.1 Å². The predicted molar refractivity (Wildman–Crippen MR) is 66.5 cm³/mol. The van der Waals surface area contributed by atoms with Gasteiger partial charge in [-0.2, -0.15) is 5.10 Å². The first-order valence-electron chi connectivity index (χ1n) is 5.95. The van der Waals surface area contributed by atoms with Crippen LogP contribution in [0.3, 0.4) is 0 Å². The van der Waals surface area contributed by atoms with Gasteiger partial charge >= 0.3 is 5.69 Å². The maximum Gasteiger partial charge on any atom is 0.306 e. The summed E-state index contributed by atoms with van der Waals surface area (Å²) in [5.41, 5.74) is -0.0796. The molecule has 1 atom stereocenters. The first kappa shape index (κ1) is 13.2. The van der Waals surface area contributed by atoms with Crippen molar-refractivity contribution >= 4 is 5.69 Å². The molecule has 0 fully saturated rings. The van der Waals surface area contributed by atoms with E-state index in [-0.39, 0.29) is 12.2 Å². The summed E-state index contributed by atoms with van der Waals surface area (Å²) in [6, 6.07) is 0. The Balaban J connectivity index is 1.97. The molecule has 8 heteroatoms. The number of rotatable bonds is 6. The maximum atomic E-state index is 10.5. The molecular formula is C11H15N5O3. The molecule has 0 aromatic carbocycles. The smallest absolute Gasteiger partial charge is 0.306 e. The Kier molecular flexibility index (Phi) is 3.91. The highest BCUT2D eigenvalue weighted by atomic mass is 16.6. The maximum absolute atomic E-state index is 10.5. The van der Waals surface area contributed by atoms with Gasteiger partial charge in [-0.05, 0) is 0 Å². The first-order valence-corrected chi connectivity index (χ1v) is 5.95. The van der Waals surface area contributed by atoms with Gasteiger partial charge in [-0.3, -0.25) is 14.8 Å². The Bertz CT molecular complexity index is 562. The van der Waals surface area contributed by atoms with Gasteiger partial charge in [0.2, 0.25) is 0 Å². The summed E-state index contributed by atoms with van der Waals surface area (Å²) in [5.74, 6) is 0.894. The van der Waals surface area contributed by atoms with Crippen molar-refractivity contribution in [2.24, 2.45) is 0 Å². The molecule has 2 heterocycles. The van der Waals surface area contributed by atoms with Crippen LogP contribution in [0.15, 0.2) is 24.8 Å². The fraction of sp³-hybridized carbons (Fsp3) is 0.455. The molecule has 0 radical (unpaired) electrons. The number of aryl methyl sites for hydroxylation is 1. The van der Waals surface area contributed by atoms with Crippen LogP contribution in [0, 0.1) is 10.1 Å². The Morgan fingerprint density at radius 2 is 2.32 bits per heavy atom. The van der Waals surface area contributed by atoms with Gasteiger partial charge in [-0.15, -0.1) is 0 Å². The lowest BCUT2D eigenvalue weighted by Gasteiger charge is -2.13. The van der Waals surface area contributed by atoms with Gasteiger partial charge in [0.25, 0.3) is 0 Å². The zero-order chi connectivity index (χ0) is 13.8. The second-order valence-corrected chi connectivity index (χ2v) is 4.18. The molecule has 0 aliphatic carbocycles. The molecule has 2 aromatic heterocycles. The summed E-state index contributed by atoms with van der Waals surface area (Å²) in [7, 11) is 0. The summed E-state index contributed by atoms with van der Waals surface area (Å²) in [5, 5.41) is 24.3. The van der Waals surface area contributed by atoms with E-state index in [1.807, 2.05) is 11.5 Å². The van der Waals surface area contributed by atoms with Gasteiger partial charge in [0.05, 0.1) is 24.1 Å². The Hall–Kier alpha value is -2.22. The third-order valence-corrected chi connectivity index (χ3v) is 2.75. The summed E-state index contributed by atoms with van der Waals surface area (Å²) in [6.45, 7) is 2.58. The summed E-state index contributed by atoms with van der Waals surface area (Å²) < 4.78 is 3.23. The molecule has 2 rings (SSSR count). The summed E-state index contributed by atoms with van der Waals surface area (Å²) >= 11 is 0. The molecule has 0 saturated heterocycles. The van der Waals surface area contributed by atoms with Crippen molar-refractivity contribution in [2.75, 3.05) is 0 Å². The van der Waals surface area contributed by atoms with Crippen molar-refractivity contribution in [3.05, 3.63) is 40.7 Å². The van der Waals surface area contributed by atoms with Crippen molar-refractivity contribution in [3.63, 3.8) is 0 Å². The van der Waals surface area contributed by atoms with Gasteiger partial charge in [-0.1, -0.05) is 6.92 Å². The molecule has 1 N–H and O–H groups in total. The van der Waals surface area contributed by atoms with Crippen LogP contribution in [-0.2, 0) is 19.5 Å². The van der Waals surface area contributed by atoms with E-state index in [9.17, 15) is 15.2 Å². The number of hydrogen-bond donors (Lipinski definition) is 1. The van der Waals surface area contributed by atoms with Crippen molar-refractivity contribution in [2.45, 2.75) is 32.5 Å². The van der Waals surface area contributed by atoms with Crippen LogP contribution in [0.2, 0.25) is 0 Å². The minimum absolute atomic E-state index is 0.0796. The van der Waals surface area contributed by atoms with Crippen LogP contribution in [0.5, 0.6) is 0 Å². The molecule has 102 valence electrons. The van der Waals surface area contributed by atoms with E-state index in [2.05, 4.69) is 10.1 Å². The van der Waals surface area contributed by atoms with Crippen LogP contribution >= 0.6 is 0 Å². The number of nitrogens with zero attached hydrogens (tertiary/aromatic N) is 5. The van der Waals surface area contributed by atoms with Crippen LogP contribution in [0.25, 0.3) is 0 Å². The third kappa shape index (κ3) is 3.16. The monoisotopic (exact) mass is 265 g/mol. The molecule has 0 bridgehead atoms. The third-order valence-electron chi connectivity index (χ3n) is 2.75. The van der Waals surface area contributed by atoms with Crippen LogP contribution in [0.4, 0.5) is 5.69 Å². The van der Waals surface area contributed by atoms with Crippen molar-refractivity contribution in [1.29, 1.82) is 0 Å². The molecule has 8 nitrogen and oxygen atoms in total. The van der Waals surface area contributed by atoms with E-state index in [1.54, 1.807) is 12.4 Å². The zero-order valence-electron chi connectivity index (χ0n) is 10.5. The van der Waals surface area contributed by atoms with Gasteiger partial charge in [0, 0.05) is 18.8 Å². The largest absolute Gasteiger partial charge is 0.389 e. The van der Waals surface area contributed by atoms with Gasteiger partial charge in [0.15, 0.2) is 0 Å². The second kappa shape index (κ2) is 5.61. The molecule has 0 aliphatic rings. The first-order chi connectivity index (χ1) is 9.10.